The largest absolute Gasteiger partial charge is 0.342 e. The monoisotopic (exact) mass is 179 g/mol. The Bertz CT molecular complexity index is 259. The predicted octanol–water partition coefficient (Wildman–Crippen LogP) is 0.517. The van der Waals surface area contributed by atoms with E-state index in [0.717, 1.165) is 0 Å². The molecule has 3 heteroatoms. The molecule has 0 saturated carbocycles. The molecule has 1 N–H and O–H groups in total. The fourth-order valence-electron chi connectivity index (χ4n) is 0.547. The van der Waals surface area contributed by atoms with Gasteiger partial charge in [0.1, 0.15) is 0 Å². The van der Waals surface area contributed by atoms with Crippen LogP contribution in [0.1, 0.15) is 13.8 Å². The molecule has 3 nitrogen and oxygen atoms in total. The summed E-state index contributed by atoms with van der Waals surface area (Å²) in [5, 5.41) is 2.41. The van der Waals surface area contributed by atoms with Crippen molar-refractivity contribution in [3.8, 4) is 12.3 Å². The van der Waals surface area contributed by atoms with E-state index < -0.39 is 0 Å². The lowest BCUT2D eigenvalue weighted by Crippen LogP contribution is -2.21. The molecule has 0 aliphatic heterocycles. The van der Waals surface area contributed by atoms with Crippen LogP contribution in [-0.4, -0.2) is 18.2 Å². The molecule has 13 heavy (non-hydrogen) atoms. The van der Waals surface area contributed by atoms with Gasteiger partial charge in [0, 0.05) is 12.0 Å². The van der Waals surface area contributed by atoms with Gasteiger partial charge < -0.3 is 5.32 Å². The van der Waals surface area contributed by atoms with Crippen LogP contribution >= 0.6 is 0 Å². The lowest BCUT2D eigenvalue weighted by atomic mass is 10.1. The first-order valence-electron chi connectivity index (χ1n) is 4.01. The van der Waals surface area contributed by atoms with Gasteiger partial charge in [0.15, 0.2) is 5.78 Å². The fraction of sp³-hybridized carbons (Fsp3) is 0.400. The first kappa shape index (κ1) is 11.4. The molecule has 0 spiro atoms. The van der Waals surface area contributed by atoms with E-state index in [1.165, 1.54) is 12.2 Å². The van der Waals surface area contributed by atoms with Crippen LogP contribution in [0.3, 0.4) is 0 Å². The number of allylic oxidation sites excluding steroid dienone is 1. The number of ketones is 1. The van der Waals surface area contributed by atoms with Gasteiger partial charge in [-0.3, -0.25) is 9.59 Å². The maximum Gasteiger partial charge on any atom is 0.244 e. The van der Waals surface area contributed by atoms with Gasteiger partial charge in [-0.25, -0.2) is 0 Å². The minimum atomic E-state index is -0.341. The zero-order valence-corrected chi connectivity index (χ0v) is 7.83. The standard InChI is InChI=1S/C10H13NO2/c1-4-7-11-10(13)6-5-9(12)8(2)3/h1,5-6,8H,7H2,2-3H3,(H,11,13)/b6-5+. The summed E-state index contributed by atoms with van der Waals surface area (Å²) in [6, 6.07) is 0. The first-order valence-corrected chi connectivity index (χ1v) is 4.01. The molecule has 0 aromatic carbocycles. The molecule has 0 bridgehead atoms. The highest BCUT2D eigenvalue weighted by Gasteiger charge is 2.02. The van der Waals surface area contributed by atoms with Crippen molar-refractivity contribution in [2.75, 3.05) is 6.54 Å². The van der Waals surface area contributed by atoms with E-state index in [-0.39, 0.29) is 24.2 Å². The molecule has 0 rings (SSSR count). The Morgan fingerprint density at radius 2 is 2.08 bits per heavy atom. The van der Waals surface area contributed by atoms with Crippen LogP contribution in [0.2, 0.25) is 0 Å². The molecule has 0 heterocycles. The molecule has 70 valence electrons. The van der Waals surface area contributed by atoms with E-state index in [1.54, 1.807) is 13.8 Å². The molecule has 0 fully saturated rings. The molecule has 0 saturated heterocycles. The van der Waals surface area contributed by atoms with E-state index >= 15 is 0 Å². The molecule has 0 radical (unpaired) electrons. The van der Waals surface area contributed by atoms with Gasteiger partial charge in [0.05, 0.1) is 6.54 Å². The average molecular weight is 179 g/mol. The van der Waals surface area contributed by atoms with Gasteiger partial charge in [-0.2, -0.15) is 0 Å². The van der Waals surface area contributed by atoms with Gasteiger partial charge in [0.25, 0.3) is 0 Å². The van der Waals surface area contributed by atoms with Crippen LogP contribution in [-0.2, 0) is 9.59 Å². The van der Waals surface area contributed by atoms with E-state index in [9.17, 15) is 9.59 Å². The Balaban J connectivity index is 3.92. The van der Waals surface area contributed by atoms with Crippen molar-refractivity contribution in [2.45, 2.75) is 13.8 Å². The third-order valence-electron chi connectivity index (χ3n) is 1.33. The molecule has 0 atom stereocenters. The minimum Gasteiger partial charge on any atom is -0.342 e. The van der Waals surface area contributed by atoms with Crippen LogP contribution in [0, 0.1) is 18.3 Å². The Hall–Kier alpha value is -1.56. The van der Waals surface area contributed by atoms with E-state index in [4.69, 9.17) is 6.42 Å². The van der Waals surface area contributed by atoms with E-state index in [2.05, 4.69) is 11.2 Å². The van der Waals surface area contributed by atoms with Crippen LogP contribution in [0.15, 0.2) is 12.2 Å². The van der Waals surface area contributed by atoms with Crippen molar-refractivity contribution in [1.82, 2.24) is 5.32 Å². The topological polar surface area (TPSA) is 46.2 Å². The molecule has 0 unspecified atom stereocenters. The minimum absolute atomic E-state index is 0.0733. The molecule has 0 aromatic heterocycles. The third-order valence-corrected chi connectivity index (χ3v) is 1.33. The fourth-order valence-corrected chi connectivity index (χ4v) is 0.547. The van der Waals surface area contributed by atoms with Crippen molar-refractivity contribution in [3.05, 3.63) is 12.2 Å². The SMILES string of the molecule is C#CCNC(=O)/C=C/C(=O)C(C)C. The summed E-state index contributed by atoms with van der Waals surface area (Å²) in [5.41, 5.74) is 0. The highest BCUT2D eigenvalue weighted by molar-refractivity contribution is 5.98. The summed E-state index contributed by atoms with van der Waals surface area (Å²) in [4.78, 5) is 21.9. The highest BCUT2D eigenvalue weighted by Crippen LogP contribution is 1.94. The van der Waals surface area contributed by atoms with Crippen molar-refractivity contribution in [3.63, 3.8) is 0 Å². The number of terminal acetylenes is 1. The number of rotatable bonds is 4. The maximum atomic E-state index is 11.0. The number of hydrogen-bond acceptors (Lipinski definition) is 2. The number of nitrogens with one attached hydrogen (secondary N) is 1. The van der Waals surface area contributed by atoms with Crippen molar-refractivity contribution in [1.29, 1.82) is 0 Å². The number of carbonyl (C=O) groups is 2. The molecule has 1 amide bonds. The van der Waals surface area contributed by atoms with Gasteiger partial charge >= 0.3 is 0 Å². The predicted molar refractivity (Wildman–Crippen MR) is 50.8 cm³/mol. The Kier molecular flexibility index (Phi) is 5.29. The third kappa shape index (κ3) is 5.68. The number of amides is 1. The van der Waals surface area contributed by atoms with E-state index in [1.807, 2.05) is 0 Å². The summed E-state index contributed by atoms with van der Waals surface area (Å²) < 4.78 is 0. The highest BCUT2D eigenvalue weighted by atomic mass is 16.1. The van der Waals surface area contributed by atoms with Gasteiger partial charge in [-0.1, -0.05) is 19.8 Å². The molecule has 0 aliphatic rings. The lowest BCUT2D eigenvalue weighted by molar-refractivity contribution is -0.119. The Morgan fingerprint density at radius 1 is 1.46 bits per heavy atom. The number of carbonyl (C=O) groups excluding carboxylic acids is 2. The van der Waals surface area contributed by atoms with Crippen LogP contribution in [0.4, 0.5) is 0 Å². The van der Waals surface area contributed by atoms with Crippen molar-refractivity contribution in [2.24, 2.45) is 5.92 Å². The second kappa shape index (κ2) is 6.01. The summed E-state index contributed by atoms with van der Waals surface area (Å²) in [7, 11) is 0. The summed E-state index contributed by atoms with van der Waals surface area (Å²) in [6.45, 7) is 3.72. The molecule has 0 aliphatic carbocycles. The normalized spacial score (nSPS) is 10.0. The van der Waals surface area contributed by atoms with Gasteiger partial charge in [-0.05, 0) is 6.08 Å². The summed E-state index contributed by atoms with van der Waals surface area (Å²) in [6.07, 6.45) is 7.38. The average Bonchev–Trinajstić information content (AvgIpc) is 2.10. The van der Waals surface area contributed by atoms with Crippen molar-refractivity contribution < 1.29 is 9.59 Å². The van der Waals surface area contributed by atoms with Gasteiger partial charge in [-0.15, -0.1) is 6.42 Å². The van der Waals surface area contributed by atoms with Crippen LogP contribution < -0.4 is 5.32 Å². The smallest absolute Gasteiger partial charge is 0.244 e. The van der Waals surface area contributed by atoms with Crippen LogP contribution in [0.25, 0.3) is 0 Å². The van der Waals surface area contributed by atoms with E-state index in [0.29, 0.717) is 0 Å². The second-order valence-electron chi connectivity index (χ2n) is 2.81. The lowest BCUT2D eigenvalue weighted by Gasteiger charge is -1.96. The summed E-state index contributed by atoms with van der Waals surface area (Å²) in [5.74, 6) is 1.76. The maximum absolute atomic E-state index is 11.0. The quantitative estimate of drug-likeness (QED) is 0.505. The van der Waals surface area contributed by atoms with Crippen molar-refractivity contribution >= 4 is 11.7 Å². The number of hydrogen-bond donors (Lipinski definition) is 1. The molecular formula is C10H13NO2. The summed E-state index contributed by atoms with van der Waals surface area (Å²) >= 11 is 0. The Morgan fingerprint density at radius 3 is 2.54 bits per heavy atom. The molecular weight excluding hydrogens is 166 g/mol. The van der Waals surface area contributed by atoms with Gasteiger partial charge in [0.2, 0.25) is 5.91 Å². The first-order chi connectivity index (χ1) is 6.07. The Labute approximate surface area is 78.2 Å². The second-order valence-corrected chi connectivity index (χ2v) is 2.81. The zero-order valence-electron chi connectivity index (χ0n) is 7.83. The van der Waals surface area contributed by atoms with Crippen LogP contribution in [0.5, 0.6) is 0 Å². The molecule has 0 aromatic rings. The zero-order chi connectivity index (χ0) is 10.3.